The fourth-order valence-electron chi connectivity index (χ4n) is 3.21. The Kier molecular flexibility index (Phi) is 12.2. The maximum absolute atomic E-state index is 11.9. The van der Waals surface area contributed by atoms with Crippen LogP contribution in [-0.4, -0.2) is 103 Å². The van der Waals surface area contributed by atoms with Gasteiger partial charge in [-0.25, -0.2) is 0 Å². The van der Waals surface area contributed by atoms with Crippen LogP contribution >= 0.6 is 0 Å². The van der Waals surface area contributed by atoms with Crippen molar-refractivity contribution in [1.29, 1.82) is 0 Å². The van der Waals surface area contributed by atoms with Crippen LogP contribution in [0.3, 0.4) is 0 Å². The molecule has 2 fully saturated rings. The Labute approximate surface area is 168 Å². The molecule has 3 unspecified atom stereocenters. The SMILES string of the molecule is CC.CCCN1CCN(CCOC(=O)CNC(=O)C2CC(O)CC(O)O2)CC1. The van der Waals surface area contributed by atoms with E-state index in [2.05, 4.69) is 22.0 Å². The van der Waals surface area contributed by atoms with Gasteiger partial charge in [0, 0.05) is 45.6 Å². The molecule has 2 aliphatic rings. The van der Waals surface area contributed by atoms with Gasteiger partial charge in [-0.05, 0) is 13.0 Å². The van der Waals surface area contributed by atoms with E-state index in [0.717, 1.165) is 39.1 Å². The van der Waals surface area contributed by atoms with E-state index < -0.39 is 30.4 Å². The number of esters is 1. The number of ether oxygens (including phenoxy) is 2. The average Bonchev–Trinajstić information content (AvgIpc) is 2.68. The van der Waals surface area contributed by atoms with Gasteiger partial charge in [0.1, 0.15) is 19.3 Å². The molecule has 2 rings (SSSR count). The number of carbonyl (C=O) groups excluding carboxylic acids is 2. The van der Waals surface area contributed by atoms with Gasteiger partial charge in [-0.15, -0.1) is 0 Å². The minimum atomic E-state index is -1.17. The van der Waals surface area contributed by atoms with E-state index in [-0.39, 0.29) is 19.4 Å². The van der Waals surface area contributed by atoms with Gasteiger partial charge in [0.25, 0.3) is 0 Å². The van der Waals surface area contributed by atoms with E-state index in [1.165, 1.54) is 0 Å². The van der Waals surface area contributed by atoms with Crippen LogP contribution in [0.4, 0.5) is 0 Å². The van der Waals surface area contributed by atoms with Gasteiger partial charge >= 0.3 is 5.97 Å². The second-order valence-electron chi connectivity index (χ2n) is 6.83. The predicted molar refractivity (Wildman–Crippen MR) is 105 cm³/mol. The summed E-state index contributed by atoms with van der Waals surface area (Å²) in [6, 6.07) is 0. The third-order valence-corrected chi connectivity index (χ3v) is 4.66. The minimum Gasteiger partial charge on any atom is -0.463 e. The summed E-state index contributed by atoms with van der Waals surface area (Å²) < 4.78 is 10.2. The largest absolute Gasteiger partial charge is 0.463 e. The van der Waals surface area contributed by atoms with Crippen molar-refractivity contribution in [2.45, 2.75) is 58.5 Å². The average molecular weight is 404 g/mol. The van der Waals surface area contributed by atoms with Crippen LogP contribution in [0.15, 0.2) is 0 Å². The van der Waals surface area contributed by atoms with Gasteiger partial charge in [-0.2, -0.15) is 0 Å². The van der Waals surface area contributed by atoms with Crippen molar-refractivity contribution >= 4 is 11.9 Å². The Morgan fingerprint density at radius 1 is 1.07 bits per heavy atom. The number of piperazine rings is 1. The first kappa shape index (κ1) is 24.8. The van der Waals surface area contributed by atoms with Crippen LogP contribution in [0.1, 0.15) is 40.0 Å². The third-order valence-electron chi connectivity index (χ3n) is 4.66. The Hall–Kier alpha value is -1.26. The Morgan fingerprint density at radius 3 is 2.25 bits per heavy atom. The second kappa shape index (κ2) is 13.8. The lowest BCUT2D eigenvalue weighted by Crippen LogP contribution is -2.48. The molecule has 0 bridgehead atoms. The molecule has 0 aromatic heterocycles. The van der Waals surface area contributed by atoms with E-state index in [1.807, 2.05) is 13.8 Å². The first-order valence-electron chi connectivity index (χ1n) is 10.4. The zero-order valence-electron chi connectivity index (χ0n) is 17.4. The lowest BCUT2D eigenvalue weighted by Gasteiger charge is -2.34. The van der Waals surface area contributed by atoms with Gasteiger partial charge in [0.15, 0.2) is 6.29 Å². The molecule has 9 heteroatoms. The normalized spacial score (nSPS) is 26.1. The van der Waals surface area contributed by atoms with E-state index in [9.17, 15) is 19.8 Å². The molecule has 0 aromatic rings. The van der Waals surface area contributed by atoms with E-state index in [4.69, 9.17) is 9.47 Å². The van der Waals surface area contributed by atoms with Crippen LogP contribution in [0.25, 0.3) is 0 Å². The number of rotatable bonds is 8. The Bertz CT molecular complexity index is 447. The maximum Gasteiger partial charge on any atom is 0.325 e. The summed E-state index contributed by atoms with van der Waals surface area (Å²) in [5.74, 6) is -1.05. The predicted octanol–water partition coefficient (Wildman–Crippen LogP) is -0.442. The molecule has 3 N–H and O–H groups in total. The Balaban J connectivity index is 0.00000190. The molecule has 28 heavy (non-hydrogen) atoms. The number of aliphatic hydroxyl groups excluding tert-OH is 2. The number of nitrogens with one attached hydrogen (secondary N) is 1. The smallest absolute Gasteiger partial charge is 0.325 e. The quantitative estimate of drug-likeness (QED) is 0.468. The van der Waals surface area contributed by atoms with E-state index in [1.54, 1.807) is 0 Å². The van der Waals surface area contributed by atoms with Crippen LogP contribution in [0, 0.1) is 0 Å². The second-order valence-corrected chi connectivity index (χ2v) is 6.83. The molecular formula is C19H37N3O6. The number of hydrogen-bond donors (Lipinski definition) is 3. The highest BCUT2D eigenvalue weighted by atomic mass is 16.6. The highest BCUT2D eigenvalue weighted by Gasteiger charge is 2.32. The maximum atomic E-state index is 11.9. The molecule has 0 aliphatic carbocycles. The van der Waals surface area contributed by atoms with Crippen LogP contribution < -0.4 is 5.32 Å². The van der Waals surface area contributed by atoms with E-state index >= 15 is 0 Å². The van der Waals surface area contributed by atoms with Crippen molar-refractivity contribution in [3.63, 3.8) is 0 Å². The van der Waals surface area contributed by atoms with Crippen LogP contribution in [0.5, 0.6) is 0 Å². The molecule has 2 saturated heterocycles. The molecule has 164 valence electrons. The fourth-order valence-corrected chi connectivity index (χ4v) is 3.21. The lowest BCUT2D eigenvalue weighted by atomic mass is 10.0. The molecule has 9 nitrogen and oxygen atoms in total. The molecule has 2 heterocycles. The van der Waals surface area contributed by atoms with Gasteiger partial charge in [-0.3, -0.25) is 14.5 Å². The van der Waals surface area contributed by atoms with E-state index in [0.29, 0.717) is 13.2 Å². The van der Waals surface area contributed by atoms with Gasteiger partial charge in [0.05, 0.1) is 6.10 Å². The number of aliphatic hydroxyl groups is 2. The molecule has 3 atom stereocenters. The number of hydrogen-bond acceptors (Lipinski definition) is 8. The molecule has 0 radical (unpaired) electrons. The van der Waals surface area contributed by atoms with Crippen molar-refractivity contribution in [1.82, 2.24) is 15.1 Å². The van der Waals surface area contributed by atoms with Gasteiger partial charge < -0.3 is 29.9 Å². The number of amides is 1. The lowest BCUT2D eigenvalue weighted by molar-refractivity contribution is -0.194. The van der Waals surface area contributed by atoms with Crippen molar-refractivity contribution < 1.29 is 29.3 Å². The molecule has 2 aliphatic heterocycles. The zero-order chi connectivity index (χ0) is 20.9. The molecule has 0 aromatic carbocycles. The molecule has 0 spiro atoms. The fraction of sp³-hybridized carbons (Fsp3) is 0.895. The van der Waals surface area contributed by atoms with Gasteiger partial charge in [0.2, 0.25) is 5.91 Å². The summed E-state index contributed by atoms with van der Waals surface area (Å²) >= 11 is 0. The first-order valence-corrected chi connectivity index (χ1v) is 10.4. The summed E-state index contributed by atoms with van der Waals surface area (Å²) in [5.41, 5.74) is 0. The van der Waals surface area contributed by atoms with Crippen LogP contribution in [0.2, 0.25) is 0 Å². The Morgan fingerprint density at radius 2 is 1.68 bits per heavy atom. The summed E-state index contributed by atoms with van der Waals surface area (Å²) in [7, 11) is 0. The highest BCUT2D eigenvalue weighted by Crippen LogP contribution is 2.18. The van der Waals surface area contributed by atoms with Crippen molar-refractivity contribution in [2.75, 3.05) is 52.4 Å². The standard InChI is InChI=1S/C17H31N3O6.C2H6/c1-2-3-19-4-6-20(7-5-19)8-9-25-16(23)12-18-17(24)14-10-13(21)11-15(22)26-14;1-2/h13-15,21-22H,2-12H2,1H3,(H,18,24);1-2H3. The number of carbonyl (C=O) groups is 2. The van der Waals surface area contributed by atoms with Crippen molar-refractivity contribution in [3.8, 4) is 0 Å². The van der Waals surface area contributed by atoms with Crippen LogP contribution in [-0.2, 0) is 19.1 Å². The summed E-state index contributed by atoms with van der Waals surface area (Å²) in [5, 5.41) is 21.4. The first-order chi connectivity index (χ1) is 13.5. The third kappa shape index (κ3) is 9.29. The summed E-state index contributed by atoms with van der Waals surface area (Å²) in [6.07, 6.45) is -1.58. The highest BCUT2D eigenvalue weighted by molar-refractivity contribution is 5.85. The van der Waals surface area contributed by atoms with Crippen molar-refractivity contribution in [3.05, 3.63) is 0 Å². The summed E-state index contributed by atoms with van der Waals surface area (Å²) in [6.45, 7) is 12.0. The van der Waals surface area contributed by atoms with Gasteiger partial charge in [-0.1, -0.05) is 20.8 Å². The monoisotopic (exact) mass is 403 g/mol. The zero-order valence-corrected chi connectivity index (χ0v) is 17.4. The molecular weight excluding hydrogens is 366 g/mol. The molecule has 1 amide bonds. The number of nitrogens with zero attached hydrogens (tertiary/aromatic N) is 2. The summed E-state index contributed by atoms with van der Waals surface area (Å²) in [4.78, 5) is 28.3. The molecule has 0 saturated carbocycles. The van der Waals surface area contributed by atoms with Crippen molar-refractivity contribution in [2.24, 2.45) is 0 Å². The topological polar surface area (TPSA) is 112 Å². The minimum absolute atomic E-state index is 0.0819.